The molecule has 1 aliphatic rings. The second kappa shape index (κ2) is 11.5. The Kier molecular flexibility index (Phi) is 10.1. The average Bonchev–Trinajstić information content (AvgIpc) is 3.17. The Labute approximate surface area is 181 Å². The van der Waals surface area contributed by atoms with Gasteiger partial charge in [0.05, 0.1) is 13.1 Å². The Bertz CT molecular complexity index is 595. The number of nitrogens with zero attached hydrogens (tertiary/aromatic N) is 2. The lowest BCUT2D eigenvalue weighted by Crippen LogP contribution is -2.46. The number of amides is 1. The highest BCUT2D eigenvalue weighted by Gasteiger charge is 2.31. The van der Waals surface area contributed by atoms with E-state index in [9.17, 15) is 4.79 Å². The molecule has 5 nitrogen and oxygen atoms in total. The number of guanidine groups is 1. The van der Waals surface area contributed by atoms with E-state index < -0.39 is 0 Å². The molecule has 6 heteroatoms. The zero-order valence-corrected chi connectivity index (χ0v) is 19.5. The second-order valence-corrected chi connectivity index (χ2v) is 8.12. The predicted octanol–water partition coefficient (Wildman–Crippen LogP) is 3.64. The quantitative estimate of drug-likeness (QED) is 0.352. The van der Waals surface area contributed by atoms with Gasteiger partial charge in [0.1, 0.15) is 0 Å². The fourth-order valence-electron chi connectivity index (χ4n) is 3.41. The van der Waals surface area contributed by atoms with Gasteiger partial charge in [0.25, 0.3) is 0 Å². The van der Waals surface area contributed by atoms with Gasteiger partial charge >= 0.3 is 0 Å². The van der Waals surface area contributed by atoms with Gasteiger partial charge in [-0.05, 0) is 29.7 Å². The fraction of sp³-hybridized carbons (Fsp3) is 0.619. The van der Waals surface area contributed by atoms with Gasteiger partial charge in [-0.3, -0.25) is 4.79 Å². The van der Waals surface area contributed by atoms with Crippen LogP contribution < -0.4 is 10.6 Å². The highest BCUT2D eigenvalue weighted by Crippen LogP contribution is 2.38. The first-order chi connectivity index (χ1) is 12.4. The number of hydrogen-bond acceptors (Lipinski definition) is 2. The number of likely N-dealkylation sites (N-methyl/N-ethyl adjacent to an activating group) is 1. The topological polar surface area (TPSA) is 56.7 Å². The summed E-state index contributed by atoms with van der Waals surface area (Å²) in [5, 5.41) is 6.65. The Morgan fingerprint density at radius 1 is 1.15 bits per heavy atom. The van der Waals surface area contributed by atoms with E-state index in [1.165, 1.54) is 25.7 Å². The molecule has 0 radical (unpaired) electrons. The molecule has 0 unspecified atom stereocenters. The van der Waals surface area contributed by atoms with E-state index in [1.54, 1.807) is 19.0 Å². The van der Waals surface area contributed by atoms with E-state index in [0.717, 1.165) is 18.0 Å². The van der Waals surface area contributed by atoms with Crippen molar-refractivity contribution in [2.24, 2.45) is 16.3 Å². The summed E-state index contributed by atoms with van der Waals surface area (Å²) in [6.07, 6.45) is 5.33. The van der Waals surface area contributed by atoms with Crippen LogP contribution in [0.2, 0.25) is 0 Å². The second-order valence-electron chi connectivity index (χ2n) is 8.12. The molecule has 0 spiro atoms. The molecule has 1 saturated carbocycles. The van der Waals surface area contributed by atoms with Crippen LogP contribution in [0, 0.1) is 11.3 Å². The summed E-state index contributed by atoms with van der Waals surface area (Å²) in [6.45, 7) is 6.35. The molecule has 2 N–H and O–H groups in total. The van der Waals surface area contributed by atoms with Crippen molar-refractivity contribution in [1.82, 2.24) is 15.5 Å². The Hall–Kier alpha value is -1.31. The highest BCUT2D eigenvalue weighted by molar-refractivity contribution is 14.0. The number of carbonyl (C=O) groups excluding carboxylic acids is 1. The number of rotatable bonds is 7. The van der Waals surface area contributed by atoms with Crippen molar-refractivity contribution in [3.63, 3.8) is 0 Å². The SMILES string of the molecule is CN(C)C(=O)CNC(=NCc1ccccc1)NCC(C)(C)C1CCCC1.I. The van der Waals surface area contributed by atoms with Gasteiger partial charge in [-0.25, -0.2) is 4.99 Å². The zero-order chi connectivity index (χ0) is 19.0. The highest BCUT2D eigenvalue weighted by atomic mass is 127. The number of nitrogens with one attached hydrogen (secondary N) is 2. The van der Waals surface area contributed by atoms with Crippen molar-refractivity contribution >= 4 is 35.8 Å². The molecule has 1 fully saturated rings. The van der Waals surface area contributed by atoms with Crippen molar-refractivity contribution in [3.05, 3.63) is 35.9 Å². The minimum Gasteiger partial charge on any atom is -0.356 e. The van der Waals surface area contributed by atoms with E-state index in [-0.39, 0.29) is 41.8 Å². The molecule has 0 aromatic heterocycles. The molecular formula is C21H35IN4O. The number of hydrogen-bond donors (Lipinski definition) is 2. The molecule has 1 aromatic rings. The van der Waals surface area contributed by atoms with Gasteiger partial charge < -0.3 is 15.5 Å². The van der Waals surface area contributed by atoms with E-state index in [2.05, 4.69) is 41.6 Å². The van der Waals surface area contributed by atoms with E-state index in [1.807, 2.05) is 18.2 Å². The first-order valence-electron chi connectivity index (χ1n) is 9.65. The van der Waals surface area contributed by atoms with Crippen molar-refractivity contribution in [3.8, 4) is 0 Å². The molecule has 1 aliphatic carbocycles. The number of halogens is 1. The molecule has 1 amide bonds. The lowest BCUT2D eigenvalue weighted by molar-refractivity contribution is -0.127. The lowest BCUT2D eigenvalue weighted by atomic mass is 9.78. The minimum atomic E-state index is 0. The summed E-state index contributed by atoms with van der Waals surface area (Å²) in [6, 6.07) is 10.2. The molecule has 2 rings (SSSR count). The average molecular weight is 486 g/mol. The number of aliphatic imine (C=N–C) groups is 1. The molecule has 152 valence electrons. The van der Waals surface area contributed by atoms with E-state index in [0.29, 0.717) is 12.5 Å². The maximum atomic E-state index is 11.9. The van der Waals surface area contributed by atoms with Gasteiger partial charge in [-0.1, -0.05) is 57.0 Å². The number of benzene rings is 1. The third-order valence-corrected chi connectivity index (χ3v) is 5.34. The molecule has 0 bridgehead atoms. The third-order valence-electron chi connectivity index (χ3n) is 5.34. The van der Waals surface area contributed by atoms with Crippen molar-refractivity contribution < 1.29 is 4.79 Å². The first-order valence-corrected chi connectivity index (χ1v) is 9.65. The van der Waals surface area contributed by atoms with Crippen molar-refractivity contribution in [2.75, 3.05) is 27.2 Å². The van der Waals surface area contributed by atoms with Crippen molar-refractivity contribution in [2.45, 2.75) is 46.1 Å². The summed E-state index contributed by atoms with van der Waals surface area (Å²) >= 11 is 0. The number of carbonyl (C=O) groups is 1. The van der Waals surface area contributed by atoms with Crippen LogP contribution in [0.5, 0.6) is 0 Å². The van der Waals surface area contributed by atoms with Gasteiger partial charge in [0, 0.05) is 20.6 Å². The maximum Gasteiger partial charge on any atom is 0.241 e. The Morgan fingerprint density at radius 3 is 2.37 bits per heavy atom. The zero-order valence-electron chi connectivity index (χ0n) is 17.1. The van der Waals surface area contributed by atoms with Gasteiger partial charge in [-0.15, -0.1) is 24.0 Å². The maximum absolute atomic E-state index is 11.9. The van der Waals surface area contributed by atoms with E-state index in [4.69, 9.17) is 0 Å². The molecule has 0 aliphatic heterocycles. The summed E-state index contributed by atoms with van der Waals surface area (Å²) in [4.78, 5) is 18.2. The van der Waals surface area contributed by atoms with Crippen LogP contribution in [0.3, 0.4) is 0 Å². The Morgan fingerprint density at radius 2 is 1.78 bits per heavy atom. The molecule has 0 atom stereocenters. The third kappa shape index (κ3) is 8.07. The normalized spacial score (nSPS) is 15.2. The molecule has 1 aromatic carbocycles. The summed E-state index contributed by atoms with van der Waals surface area (Å²) < 4.78 is 0. The predicted molar refractivity (Wildman–Crippen MR) is 123 cm³/mol. The van der Waals surface area contributed by atoms with Crippen LogP contribution >= 0.6 is 24.0 Å². The largest absolute Gasteiger partial charge is 0.356 e. The Balaban J connectivity index is 0.00000364. The summed E-state index contributed by atoms with van der Waals surface area (Å²) in [7, 11) is 3.53. The minimum absolute atomic E-state index is 0. The van der Waals surface area contributed by atoms with E-state index >= 15 is 0 Å². The van der Waals surface area contributed by atoms with Gasteiger partial charge in [-0.2, -0.15) is 0 Å². The van der Waals surface area contributed by atoms with Crippen LogP contribution in [-0.2, 0) is 11.3 Å². The van der Waals surface area contributed by atoms with Crippen LogP contribution in [0.4, 0.5) is 0 Å². The standard InChI is InChI=1S/C21H34N4O.HI/c1-21(2,18-12-8-9-13-18)16-24-20(23-15-19(26)25(3)4)22-14-17-10-6-5-7-11-17;/h5-7,10-11,18H,8-9,12-16H2,1-4H3,(H2,22,23,24);1H. The van der Waals surface area contributed by atoms with Crippen LogP contribution in [0.1, 0.15) is 45.1 Å². The lowest BCUT2D eigenvalue weighted by Gasteiger charge is -2.32. The molecule has 27 heavy (non-hydrogen) atoms. The molecular weight excluding hydrogens is 451 g/mol. The van der Waals surface area contributed by atoms with Crippen molar-refractivity contribution in [1.29, 1.82) is 0 Å². The smallest absolute Gasteiger partial charge is 0.241 e. The summed E-state index contributed by atoms with van der Waals surface area (Å²) in [5.41, 5.74) is 1.37. The first kappa shape index (κ1) is 23.7. The molecule has 0 saturated heterocycles. The molecule has 0 heterocycles. The van der Waals surface area contributed by atoms with Crippen LogP contribution in [-0.4, -0.2) is 44.0 Å². The monoisotopic (exact) mass is 486 g/mol. The van der Waals surface area contributed by atoms with Gasteiger partial charge in [0.15, 0.2) is 5.96 Å². The van der Waals surface area contributed by atoms with Gasteiger partial charge in [0.2, 0.25) is 5.91 Å². The van der Waals surface area contributed by atoms with Crippen LogP contribution in [0.25, 0.3) is 0 Å². The van der Waals surface area contributed by atoms with Crippen LogP contribution in [0.15, 0.2) is 35.3 Å². The fourth-order valence-corrected chi connectivity index (χ4v) is 3.41. The summed E-state index contributed by atoms with van der Waals surface area (Å²) in [5.74, 6) is 1.50.